The average Bonchev–Trinajstić information content (AvgIpc) is 2.51. The highest BCUT2D eigenvalue weighted by atomic mass is 16.7. The average molecular weight is 278 g/mol. The summed E-state index contributed by atoms with van der Waals surface area (Å²) in [5.74, 6) is 0.671. The second-order valence-electron chi connectivity index (χ2n) is 5.67. The minimum absolute atomic E-state index is 0.0499. The monoisotopic (exact) mass is 278 g/mol. The summed E-state index contributed by atoms with van der Waals surface area (Å²) in [6.07, 6.45) is -0.469. The Bertz CT molecular complexity index is 433. The van der Waals surface area contributed by atoms with Gasteiger partial charge in [0.25, 0.3) is 0 Å². The normalized spacial score (nSPS) is 41.1. The number of hydrogen-bond donors (Lipinski definition) is 0. The van der Waals surface area contributed by atoms with Gasteiger partial charge in [0.2, 0.25) is 0 Å². The molecule has 0 aromatic heterocycles. The molecule has 1 aromatic carbocycles. The standard InChI is InChI=1S/C16H22O4/c1-10-11(2)15(17-3)19-13-9-18-16(20-14(10)13)12-7-5-4-6-8-12/h4-8,10-11,13-16H,9H2,1-3H3. The molecule has 110 valence electrons. The quantitative estimate of drug-likeness (QED) is 0.833. The van der Waals surface area contributed by atoms with E-state index in [1.165, 1.54) is 0 Å². The van der Waals surface area contributed by atoms with Crippen LogP contribution in [-0.4, -0.2) is 32.2 Å². The first-order valence-corrected chi connectivity index (χ1v) is 7.21. The van der Waals surface area contributed by atoms with E-state index >= 15 is 0 Å². The number of methoxy groups -OCH3 is 1. The van der Waals surface area contributed by atoms with Crippen molar-refractivity contribution in [2.45, 2.75) is 38.6 Å². The van der Waals surface area contributed by atoms with Crippen LogP contribution in [0.4, 0.5) is 0 Å². The van der Waals surface area contributed by atoms with Gasteiger partial charge in [0, 0.05) is 18.6 Å². The molecule has 20 heavy (non-hydrogen) atoms. The van der Waals surface area contributed by atoms with Gasteiger partial charge in [0.15, 0.2) is 12.6 Å². The summed E-state index contributed by atoms with van der Waals surface area (Å²) in [6.45, 7) is 4.89. The summed E-state index contributed by atoms with van der Waals surface area (Å²) in [7, 11) is 1.69. The van der Waals surface area contributed by atoms with E-state index in [2.05, 4.69) is 13.8 Å². The van der Waals surface area contributed by atoms with Gasteiger partial charge in [-0.2, -0.15) is 0 Å². The molecule has 2 heterocycles. The molecule has 0 saturated carbocycles. The number of rotatable bonds is 2. The van der Waals surface area contributed by atoms with Crippen LogP contribution >= 0.6 is 0 Å². The summed E-state index contributed by atoms with van der Waals surface area (Å²) >= 11 is 0. The molecule has 6 atom stereocenters. The predicted molar refractivity (Wildman–Crippen MR) is 74.0 cm³/mol. The first-order chi connectivity index (χ1) is 9.70. The van der Waals surface area contributed by atoms with Crippen LogP contribution in [0.25, 0.3) is 0 Å². The van der Waals surface area contributed by atoms with Crippen molar-refractivity contribution in [3.63, 3.8) is 0 Å². The van der Waals surface area contributed by atoms with Gasteiger partial charge in [0.1, 0.15) is 6.10 Å². The van der Waals surface area contributed by atoms with Gasteiger partial charge in [-0.1, -0.05) is 44.2 Å². The predicted octanol–water partition coefficient (Wildman–Crippen LogP) is 2.74. The molecule has 2 aliphatic heterocycles. The summed E-state index contributed by atoms with van der Waals surface area (Å²) in [5, 5.41) is 0. The van der Waals surface area contributed by atoms with Crippen LogP contribution in [0, 0.1) is 11.8 Å². The number of benzene rings is 1. The van der Waals surface area contributed by atoms with E-state index in [9.17, 15) is 0 Å². The minimum Gasteiger partial charge on any atom is -0.356 e. The van der Waals surface area contributed by atoms with Crippen molar-refractivity contribution in [1.29, 1.82) is 0 Å². The third-order valence-electron chi connectivity index (χ3n) is 4.45. The van der Waals surface area contributed by atoms with E-state index < -0.39 is 0 Å². The first kappa shape index (κ1) is 14.0. The fourth-order valence-corrected chi connectivity index (χ4v) is 3.02. The Hall–Kier alpha value is -0.940. The second-order valence-corrected chi connectivity index (χ2v) is 5.67. The van der Waals surface area contributed by atoms with Crippen LogP contribution in [0.3, 0.4) is 0 Å². The molecule has 2 fully saturated rings. The molecule has 2 aliphatic rings. The highest BCUT2D eigenvalue weighted by Crippen LogP contribution is 2.39. The van der Waals surface area contributed by atoms with Crippen LogP contribution in [-0.2, 0) is 18.9 Å². The van der Waals surface area contributed by atoms with Crippen molar-refractivity contribution in [2.24, 2.45) is 11.8 Å². The molecule has 3 rings (SSSR count). The van der Waals surface area contributed by atoms with Crippen LogP contribution < -0.4 is 0 Å². The summed E-state index contributed by atoms with van der Waals surface area (Å²) in [6, 6.07) is 10.0. The lowest BCUT2D eigenvalue weighted by Crippen LogP contribution is -2.55. The third-order valence-corrected chi connectivity index (χ3v) is 4.45. The van der Waals surface area contributed by atoms with E-state index in [1.807, 2.05) is 30.3 Å². The zero-order valence-electron chi connectivity index (χ0n) is 12.2. The minimum atomic E-state index is -0.296. The molecule has 0 amide bonds. The molecule has 1 aromatic rings. The van der Waals surface area contributed by atoms with E-state index in [-0.39, 0.29) is 24.8 Å². The second kappa shape index (κ2) is 5.82. The van der Waals surface area contributed by atoms with Crippen molar-refractivity contribution in [3.05, 3.63) is 35.9 Å². The molecule has 0 radical (unpaired) electrons. The Kier molecular flexibility index (Phi) is 4.08. The zero-order chi connectivity index (χ0) is 14.1. The van der Waals surface area contributed by atoms with Crippen molar-refractivity contribution in [3.8, 4) is 0 Å². The third kappa shape index (κ3) is 2.49. The maximum absolute atomic E-state index is 6.15. The number of hydrogen-bond acceptors (Lipinski definition) is 4. The van der Waals surface area contributed by atoms with Gasteiger partial charge in [-0.25, -0.2) is 0 Å². The summed E-state index contributed by atoms with van der Waals surface area (Å²) in [5.41, 5.74) is 1.06. The molecule has 0 N–H and O–H groups in total. The van der Waals surface area contributed by atoms with E-state index in [4.69, 9.17) is 18.9 Å². The molecule has 2 saturated heterocycles. The largest absolute Gasteiger partial charge is 0.356 e. The van der Waals surface area contributed by atoms with E-state index in [1.54, 1.807) is 7.11 Å². The van der Waals surface area contributed by atoms with E-state index in [0.29, 0.717) is 18.4 Å². The van der Waals surface area contributed by atoms with Crippen LogP contribution in [0.1, 0.15) is 25.7 Å². The van der Waals surface area contributed by atoms with Crippen molar-refractivity contribution < 1.29 is 18.9 Å². The molecule has 0 aliphatic carbocycles. The maximum atomic E-state index is 6.15. The summed E-state index contributed by atoms with van der Waals surface area (Å²) in [4.78, 5) is 0. The lowest BCUT2D eigenvalue weighted by molar-refractivity contribution is -0.339. The SMILES string of the molecule is COC1OC2COC(c3ccccc3)OC2C(C)C1C. The Balaban J connectivity index is 1.74. The molecular weight excluding hydrogens is 256 g/mol. The van der Waals surface area contributed by atoms with Gasteiger partial charge in [-0.3, -0.25) is 0 Å². The van der Waals surface area contributed by atoms with Crippen molar-refractivity contribution in [1.82, 2.24) is 0 Å². The molecular formula is C16H22O4. The Labute approximate surface area is 120 Å². The molecule has 0 spiro atoms. The fraction of sp³-hybridized carbons (Fsp3) is 0.625. The van der Waals surface area contributed by atoms with Gasteiger partial charge in [-0.05, 0) is 5.92 Å². The van der Waals surface area contributed by atoms with Gasteiger partial charge >= 0.3 is 0 Å². The zero-order valence-corrected chi connectivity index (χ0v) is 12.2. The Morgan fingerprint density at radius 2 is 1.80 bits per heavy atom. The van der Waals surface area contributed by atoms with Crippen molar-refractivity contribution >= 4 is 0 Å². The Morgan fingerprint density at radius 1 is 1.05 bits per heavy atom. The van der Waals surface area contributed by atoms with Gasteiger partial charge in [-0.15, -0.1) is 0 Å². The maximum Gasteiger partial charge on any atom is 0.184 e. The molecule has 0 bridgehead atoms. The van der Waals surface area contributed by atoms with Gasteiger partial charge < -0.3 is 18.9 Å². The topological polar surface area (TPSA) is 36.9 Å². The highest BCUT2D eigenvalue weighted by molar-refractivity contribution is 5.16. The van der Waals surface area contributed by atoms with Crippen LogP contribution in [0.15, 0.2) is 30.3 Å². The molecule has 6 unspecified atom stereocenters. The highest BCUT2D eigenvalue weighted by Gasteiger charge is 2.46. The fourth-order valence-electron chi connectivity index (χ4n) is 3.02. The smallest absolute Gasteiger partial charge is 0.184 e. The van der Waals surface area contributed by atoms with Crippen LogP contribution in [0.5, 0.6) is 0 Å². The van der Waals surface area contributed by atoms with Gasteiger partial charge in [0.05, 0.1) is 12.7 Å². The first-order valence-electron chi connectivity index (χ1n) is 7.21. The lowest BCUT2D eigenvalue weighted by Gasteiger charge is -2.47. The van der Waals surface area contributed by atoms with Crippen LogP contribution in [0.2, 0.25) is 0 Å². The lowest BCUT2D eigenvalue weighted by atomic mass is 9.84. The Morgan fingerprint density at radius 3 is 2.50 bits per heavy atom. The van der Waals surface area contributed by atoms with E-state index in [0.717, 1.165) is 5.56 Å². The summed E-state index contributed by atoms with van der Waals surface area (Å²) < 4.78 is 23.3. The van der Waals surface area contributed by atoms with Crippen molar-refractivity contribution in [2.75, 3.05) is 13.7 Å². The molecule has 4 nitrogen and oxygen atoms in total. The number of ether oxygens (including phenoxy) is 4. The number of fused-ring (bicyclic) bond motifs is 1. The molecule has 4 heteroatoms.